The molecule has 2 aromatic heterocycles. The third kappa shape index (κ3) is 2.83. The van der Waals surface area contributed by atoms with E-state index in [-0.39, 0.29) is 4.99 Å². The van der Waals surface area contributed by atoms with E-state index in [4.69, 9.17) is 18.0 Å². The lowest BCUT2D eigenvalue weighted by Gasteiger charge is -2.11. The van der Waals surface area contributed by atoms with E-state index in [0.717, 1.165) is 22.3 Å². The van der Waals surface area contributed by atoms with Crippen molar-refractivity contribution in [3.63, 3.8) is 0 Å². The fourth-order valence-corrected chi connectivity index (χ4v) is 2.30. The predicted molar refractivity (Wildman–Crippen MR) is 89.9 cm³/mol. The third-order valence-corrected chi connectivity index (χ3v) is 3.32. The Morgan fingerprint density at radius 1 is 1.10 bits per heavy atom. The minimum absolute atomic E-state index is 0.286. The second kappa shape index (κ2) is 5.46. The Bertz CT molecular complexity index is 829. The number of thiocarbonyl (C=S) groups is 1. The summed E-state index contributed by atoms with van der Waals surface area (Å²) in [5, 5.41) is 4.36. The molecule has 0 aliphatic rings. The van der Waals surface area contributed by atoms with Gasteiger partial charge in [0.05, 0.1) is 16.9 Å². The number of hydrogen-bond donors (Lipinski definition) is 2. The Morgan fingerprint density at radius 3 is 2.71 bits per heavy atom. The molecule has 3 aromatic rings. The number of nitrogens with zero attached hydrogens (tertiary/aromatic N) is 2. The van der Waals surface area contributed by atoms with Gasteiger partial charge in [0, 0.05) is 11.1 Å². The molecule has 0 aliphatic heterocycles. The molecule has 0 saturated heterocycles. The number of nitrogens with one attached hydrogen (secondary N) is 1. The molecule has 0 spiro atoms. The van der Waals surface area contributed by atoms with Crippen LogP contribution in [0.4, 0.5) is 11.5 Å². The lowest BCUT2D eigenvalue weighted by atomic mass is 10.1. The molecule has 0 atom stereocenters. The van der Waals surface area contributed by atoms with Gasteiger partial charge < -0.3 is 11.1 Å². The lowest BCUT2D eigenvalue weighted by molar-refractivity contribution is 1.24. The van der Waals surface area contributed by atoms with Crippen LogP contribution < -0.4 is 11.1 Å². The largest absolute Gasteiger partial charge is 0.388 e. The standard InChI is InChI=1S/C16H14N4S/c1-10-9-14(11-5-2-3-6-12(11)18-10)20-15-8-4-7-13(19-15)16(17)21/h2-9H,1H3,(H2,17,21)(H,18,19,20). The maximum Gasteiger partial charge on any atom is 0.131 e. The van der Waals surface area contributed by atoms with E-state index < -0.39 is 0 Å². The van der Waals surface area contributed by atoms with Gasteiger partial charge in [-0.15, -0.1) is 0 Å². The fourth-order valence-electron chi connectivity index (χ4n) is 2.19. The van der Waals surface area contributed by atoms with E-state index in [1.54, 1.807) is 6.07 Å². The number of aromatic nitrogens is 2. The molecule has 104 valence electrons. The maximum atomic E-state index is 5.62. The molecule has 0 unspecified atom stereocenters. The molecule has 2 heterocycles. The summed E-state index contributed by atoms with van der Waals surface area (Å²) in [6.45, 7) is 1.97. The van der Waals surface area contributed by atoms with Gasteiger partial charge in [-0.2, -0.15) is 0 Å². The molecule has 3 N–H and O–H groups in total. The van der Waals surface area contributed by atoms with E-state index >= 15 is 0 Å². The summed E-state index contributed by atoms with van der Waals surface area (Å²) in [6.07, 6.45) is 0. The third-order valence-electron chi connectivity index (χ3n) is 3.11. The number of aryl methyl sites for hydroxylation is 1. The van der Waals surface area contributed by atoms with Crippen molar-refractivity contribution in [2.24, 2.45) is 5.73 Å². The van der Waals surface area contributed by atoms with Gasteiger partial charge in [-0.05, 0) is 31.2 Å². The first kappa shape index (κ1) is 13.5. The van der Waals surface area contributed by atoms with Crippen molar-refractivity contribution in [2.45, 2.75) is 6.92 Å². The number of anilines is 2. The number of para-hydroxylation sites is 1. The first-order valence-corrected chi connectivity index (χ1v) is 6.94. The number of fused-ring (bicyclic) bond motifs is 1. The van der Waals surface area contributed by atoms with E-state index in [9.17, 15) is 0 Å². The van der Waals surface area contributed by atoms with Gasteiger partial charge in [-0.25, -0.2) is 4.98 Å². The molecule has 4 nitrogen and oxygen atoms in total. The number of nitrogens with two attached hydrogens (primary N) is 1. The smallest absolute Gasteiger partial charge is 0.131 e. The molecule has 5 heteroatoms. The number of hydrogen-bond acceptors (Lipinski definition) is 4. The second-order valence-corrected chi connectivity index (χ2v) is 5.17. The van der Waals surface area contributed by atoms with Crippen molar-refractivity contribution in [3.8, 4) is 0 Å². The SMILES string of the molecule is Cc1cc(Nc2cccc(C(N)=S)n2)c2ccccc2n1. The molecular weight excluding hydrogens is 280 g/mol. The average molecular weight is 294 g/mol. The topological polar surface area (TPSA) is 63.8 Å². The van der Waals surface area contributed by atoms with Crippen LogP contribution in [-0.2, 0) is 0 Å². The summed E-state index contributed by atoms with van der Waals surface area (Å²) < 4.78 is 0. The Morgan fingerprint density at radius 2 is 1.90 bits per heavy atom. The minimum Gasteiger partial charge on any atom is -0.388 e. The highest BCUT2D eigenvalue weighted by Crippen LogP contribution is 2.25. The van der Waals surface area contributed by atoms with Crippen molar-refractivity contribution in [1.29, 1.82) is 0 Å². The number of benzene rings is 1. The Hall–Kier alpha value is -2.53. The zero-order valence-electron chi connectivity index (χ0n) is 11.5. The molecule has 0 aliphatic carbocycles. The number of pyridine rings is 2. The first-order chi connectivity index (χ1) is 10.1. The van der Waals surface area contributed by atoms with Crippen molar-refractivity contribution in [2.75, 3.05) is 5.32 Å². The van der Waals surface area contributed by atoms with Crippen molar-refractivity contribution in [3.05, 3.63) is 59.9 Å². The summed E-state index contributed by atoms with van der Waals surface area (Å²) in [7, 11) is 0. The van der Waals surface area contributed by atoms with E-state index in [2.05, 4.69) is 15.3 Å². The zero-order valence-corrected chi connectivity index (χ0v) is 12.3. The summed E-state index contributed by atoms with van der Waals surface area (Å²) >= 11 is 4.96. The molecule has 3 rings (SSSR count). The molecule has 0 radical (unpaired) electrons. The van der Waals surface area contributed by atoms with Crippen LogP contribution in [0.5, 0.6) is 0 Å². The van der Waals surface area contributed by atoms with E-state index in [0.29, 0.717) is 11.5 Å². The summed E-state index contributed by atoms with van der Waals surface area (Å²) in [5.41, 5.74) is 9.08. The Balaban J connectivity index is 2.05. The molecule has 0 amide bonds. The van der Waals surface area contributed by atoms with Crippen molar-refractivity contribution < 1.29 is 0 Å². The second-order valence-electron chi connectivity index (χ2n) is 4.73. The van der Waals surface area contributed by atoms with Crippen LogP contribution in [0.15, 0.2) is 48.5 Å². The van der Waals surface area contributed by atoms with Crippen LogP contribution in [-0.4, -0.2) is 15.0 Å². The fraction of sp³-hybridized carbons (Fsp3) is 0.0625. The highest BCUT2D eigenvalue weighted by Gasteiger charge is 2.06. The van der Waals surface area contributed by atoms with Gasteiger partial charge >= 0.3 is 0 Å². The summed E-state index contributed by atoms with van der Waals surface area (Å²) in [5.74, 6) is 0.705. The van der Waals surface area contributed by atoms with Gasteiger partial charge in [0.15, 0.2) is 0 Å². The summed E-state index contributed by atoms with van der Waals surface area (Å²) in [6, 6.07) is 15.5. The van der Waals surface area contributed by atoms with Crippen LogP contribution in [0.3, 0.4) is 0 Å². The first-order valence-electron chi connectivity index (χ1n) is 6.54. The average Bonchev–Trinajstić information content (AvgIpc) is 2.47. The van der Waals surface area contributed by atoms with E-state index in [1.807, 2.05) is 49.4 Å². The van der Waals surface area contributed by atoms with Crippen LogP contribution in [0.25, 0.3) is 10.9 Å². The molecule has 0 bridgehead atoms. The van der Waals surface area contributed by atoms with Crippen molar-refractivity contribution >= 4 is 39.6 Å². The van der Waals surface area contributed by atoms with Gasteiger partial charge in [0.2, 0.25) is 0 Å². The summed E-state index contributed by atoms with van der Waals surface area (Å²) in [4.78, 5) is 9.22. The molecule has 21 heavy (non-hydrogen) atoms. The highest BCUT2D eigenvalue weighted by atomic mass is 32.1. The highest BCUT2D eigenvalue weighted by molar-refractivity contribution is 7.80. The lowest BCUT2D eigenvalue weighted by Crippen LogP contribution is -2.12. The van der Waals surface area contributed by atoms with Gasteiger partial charge in [0.1, 0.15) is 10.8 Å². The predicted octanol–water partition coefficient (Wildman–Crippen LogP) is 3.32. The Labute approximate surface area is 128 Å². The zero-order chi connectivity index (χ0) is 14.8. The Kier molecular flexibility index (Phi) is 3.50. The molecular formula is C16H14N4S. The van der Waals surface area contributed by atoms with Gasteiger partial charge in [-0.3, -0.25) is 4.98 Å². The molecule has 1 aromatic carbocycles. The molecule has 0 saturated carbocycles. The maximum absolute atomic E-state index is 5.62. The van der Waals surface area contributed by atoms with E-state index in [1.165, 1.54) is 0 Å². The monoisotopic (exact) mass is 294 g/mol. The molecule has 0 fully saturated rings. The van der Waals surface area contributed by atoms with Crippen molar-refractivity contribution in [1.82, 2.24) is 9.97 Å². The van der Waals surface area contributed by atoms with Crippen LogP contribution in [0.2, 0.25) is 0 Å². The quantitative estimate of drug-likeness (QED) is 0.726. The van der Waals surface area contributed by atoms with Gasteiger partial charge in [-0.1, -0.05) is 36.5 Å². The van der Waals surface area contributed by atoms with Crippen LogP contribution >= 0.6 is 12.2 Å². The van der Waals surface area contributed by atoms with Crippen LogP contribution in [0.1, 0.15) is 11.4 Å². The number of rotatable bonds is 3. The van der Waals surface area contributed by atoms with Gasteiger partial charge in [0.25, 0.3) is 0 Å². The normalized spacial score (nSPS) is 10.5. The van der Waals surface area contributed by atoms with Crippen LogP contribution in [0, 0.1) is 6.92 Å². The minimum atomic E-state index is 0.286.